The van der Waals surface area contributed by atoms with Crippen LogP contribution in [-0.2, 0) is 17.6 Å². The van der Waals surface area contributed by atoms with E-state index in [4.69, 9.17) is 4.74 Å². The molecule has 2 nitrogen and oxygen atoms in total. The Labute approximate surface area is 117 Å². The molecule has 2 atom stereocenters. The van der Waals surface area contributed by atoms with Gasteiger partial charge in [-0.05, 0) is 56.7 Å². The van der Waals surface area contributed by atoms with Crippen molar-refractivity contribution >= 4 is 0 Å². The predicted molar refractivity (Wildman–Crippen MR) is 80.6 cm³/mol. The molecule has 1 fully saturated rings. The molecule has 1 aliphatic heterocycles. The Morgan fingerprint density at radius 1 is 1.21 bits per heavy atom. The third kappa shape index (κ3) is 4.96. The number of aryl methyl sites for hydroxylation is 1. The Morgan fingerprint density at radius 3 is 2.58 bits per heavy atom. The summed E-state index contributed by atoms with van der Waals surface area (Å²) < 4.78 is 5.29. The zero-order chi connectivity index (χ0) is 13.5. The molecule has 0 radical (unpaired) electrons. The lowest BCUT2D eigenvalue weighted by molar-refractivity contribution is 0.111. The summed E-state index contributed by atoms with van der Waals surface area (Å²) in [4.78, 5) is 0. The third-order valence-electron chi connectivity index (χ3n) is 4.16. The minimum atomic E-state index is 0.353. The average Bonchev–Trinajstić information content (AvgIpc) is 2.47. The number of ether oxygens (including phenoxy) is 1. The summed E-state index contributed by atoms with van der Waals surface area (Å²) in [5, 5.41) is 3.61. The smallest absolute Gasteiger partial charge is 0.0546 e. The Balaban J connectivity index is 1.80. The zero-order valence-electron chi connectivity index (χ0n) is 12.3. The predicted octanol–water partition coefficient (Wildman–Crippen LogP) is 3.34. The summed E-state index contributed by atoms with van der Waals surface area (Å²) >= 11 is 0. The van der Waals surface area contributed by atoms with Gasteiger partial charge in [0.15, 0.2) is 0 Å². The molecular weight excluding hydrogens is 234 g/mol. The molecule has 1 aromatic carbocycles. The number of hydrogen-bond donors (Lipinski definition) is 1. The Morgan fingerprint density at radius 2 is 1.95 bits per heavy atom. The first kappa shape index (κ1) is 14.5. The van der Waals surface area contributed by atoms with Crippen molar-refractivity contribution in [3.63, 3.8) is 0 Å². The van der Waals surface area contributed by atoms with Crippen LogP contribution in [0.2, 0.25) is 0 Å². The SMILES string of the molecule is COC(C)CCc1ccc(CC2CCCCN2)cc1. The molecule has 0 aromatic heterocycles. The molecule has 2 unspecified atom stereocenters. The van der Waals surface area contributed by atoms with E-state index in [1.165, 1.54) is 43.4 Å². The van der Waals surface area contributed by atoms with Gasteiger partial charge in [0.2, 0.25) is 0 Å². The average molecular weight is 261 g/mol. The Kier molecular flexibility index (Phi) is 5.87. The van der Waals surface area contributed by atoms with Crippen LogP contribution in [0.3, 0.4) is 0 Å². The Hall–Kier alpha value is -0.860. The molecule has 0 amide bonds. The van der Waals surface area contributed by atoms with Gasteiger partial charge in [-0.25, -0.2) is 0 Å². The van der Waals surface area contributed by atoms with E-state index in [0.29, 0.717) is 12.1 Å². The maximum atomic E-state index is 5.29. The quantitative estimate of drug-likeness (QED) is 0.848. The Bertz CT molecular complexity index is 354. The van der Waals surface area contributed by atoms with Crippen molar-refractivity contribution in [3.05, 3.63) is 35.4 Å². The largest absolute Gasteiger partial charge is 0.382 e. The van der Waals surface area contributed by atoms with E-state index >= 15 is 0 Å². The summed E-state index contributed by atoms with van der Waals surface area (Å²) in [6.45, 7) is 3.32. The van der Waals surface area contributed by atoms with Crippen molar-refractivity contribution < 1.29 is 4.74 Å². The minimum Gasteiger partial charge on any atom is -0.382 e. The van der Waals surface area contributed by atoms with Gasteiger partial charge in [0.1, 0.15) is 0 Å². The monoisotopic (exact) mass is 261 g/mol. The molecule has 2 heteroatoms. The summed E-state index contributed by atoms with van der Waals surface area (Å²) in [5.74, 6) is 0. The van der Waals surface area contributed by atoms with Crippen molar-refractivity contribution in [2.45, 2.75) is 57.6 Å². The molecule has 1 heterocycles. The van der Waals surface area contributed by atoms with Gasteiger partial charge in [-0.15, -0.1) is 0 Å². The molecular formula is C17H27NO. The van der Waals surface area contributed by atoms with Crippen molar-refractivity contribution in [2.24, 2.45) is 0 Å². The maximum Gasteiger partial charge on any atom is 0.0546 e. The molecule has 2 rings (SSSR count). The van der Waals surface area contributed by atoms with Crippen LogP contribution >= 0.6 is 0 Å². The number of piperidine rings is 1. The normalized spacial score (nSPS) is 21.3. The lowest BCUT2D eigenvalue weighted by atomic mass is 9.96. The van der Waals surface area contributed by atoms with Crippen LogP contribution in [0.15, 0.2) is 24.3 Å². The van der Waals surface area contributed by atoms with Crippen LogP contribution in [-0.4, -0.2) is 25.8 Å². The maximum absolute atomic E-state index is 5.29. The zero-order valence-corrected chi connectivity index (χ0v) is 12.3. The third-order valence-corrected chi connectivity index (χ3v) is 4.16. The highest BCUT2D eigenvalue weighted by atomic mass is 16.5. The van der Waals surface area contributed by atoms with E-state index in [9.17, 15) is 0 Å². The van der Waals surface area contributed by atoms with Gasteiger partial charge >= 0.3 is 0 Å². The molecule has 1 saturated heterocycles. The number of hydrogen-bond acceptors (Lipinski definition) is 2. The number of methoxy groups -OCH3 is 1. The van der Waals surface area contributed by atoms with Crippen LogP contribution in [0, 0.1) is 0 Å². The fraction of sp³-hybridized carbons (Fsp3) is 0.647. The first-order valence-electron chi connectivity index (χ1n) is 7.62. The second-order valence-corrected chi connectivity index (χ2v) is 5.75. The van der Waals surface area contributed by atoms with E-state index in [1.807, 2.05) is 0 Å². The second kappa shape index (κ2) is 7.66. The highest BCUT2D eigenvalue weighted by Crippen LogP contribution is 2.14. The van der Waals surface area contributed by atoms with Gasteiger partial charge in [0.05, 0.1) is 6.10 Å². The molecule has 1 N–H and O–H groups in total. The lowest BCUT2D eigenvalue weighted by Crippen LogP contribution is -2.35. The highest BCUT2D eigenvalue weighted by molar-refractivity contribution is 5.23. The van der Waals surface area contributed by atoms with Gasteiger partial charge < -0.3 is 10.1 Å². The summed E-state index contributed by atoms with van der Waals surface area (Å²) in [6, 6.07) is 9.83. The van der Waals surface area contributed by atoms with Crippen molar-refractivity contribution in [1.29, 1.82) is 0 Å². The second-order valence-electron chi connectivity index (χ2n) is 5.75. The molecule has 0 bridgehead atoms. The first-order valence-corrected chi connectivity index (χ1v) is 7.62. The van der Waals surface area contributed by atoms with Crippen LogP contribution in [0.5, 0.6) is 0 Å². The summed E-state index contributed by atoms with van der Waals surface area (Å²) in [5.41, 5.74) is 2.88. The molecule has 1 aromatic rings. The van der Waals surface area contributed by atoms with E-state index in [0.717, 1.165) is 12.8 Å². The van der Waals surface area contributed by atoms with Crippen molar-refractivity contribution in [2.75, 3.05) is 13.7 Å². The van der Waals surface area contributed by atoms with Gasteiger partial charge in [-0.3, -0.25) is 0 Å². The molecule has 1 aliphatic rings. The van der Waals surface area contributed by atoms with Crippen LogP contribution < -0.4 is 5.32 Å². The molecule has 0 aliphatic carbocycles. The van der Waals surface area contributed by atoms with Gasteiger partial charge in [-0.1, -0.05) is 30.7 Å². The topological polar surface area (TPSA) is 21.3 Å². The molecule has 0 saturated carbocycles. The lowest BCUT2D eigenvalue weighted by Gasteiger charge is -2.23. The highest BCUT2D eigenvalue weighted by Gasteiger charge is 2.12. The number of benzene rings is 1. The van der Waals surface area contributed by atoms with Gasteiger partial charge in [-0.2, -0.15) is 0 Å². The summed E-state index contributed by atoms with van der Waals surface area (Å²) in [7, 11) is 1.78. The van der Waals surface area contributed by atoms with E-state index in [-0.39, 0.29) is 0 Å². The first-order chi connectivity index (χ1) is 9.28. The fourth-order valence-electron chi connectivity index (χ4n) is 2.71. The fourth-order valence-corrected chi connectivity index (χ4v) is 2.71. The van der Waals surface area contributed by atoms with Gasteiger partial charge in [0.25, 0.3) is 0 Å². The standard InChI is InChI=1S/C17H27NO/c1-14(19-2)6-7-15-8-10-16(11-9-15)13-17-5-3-4-12-18-17/h8-11,14,17-18H,3-7,12-13H2,1-2H3. The molecule has 0 spiro atoms. The van der Waals surface area contributed by atoms with Crippen LogP contribution in [0.25, 0.3) is 0 Å². The van der Waals surface area contributed by atoms with E-state index in [1.54, 1.807) is 7.11 Å². The number of nitrogens with one attached hydrogen (secondary N) is 1. The van der Waals surface area contributed by atoms with E-state index in [2.05, 4.69) is 36.5 Å². The summed E-state index contributed by atoms with van der Waals surface area (Å²) in [6.07, 6.45) is 7.78. The molecule has 106 valence electrons. The minimum absolute atomic E-state index is 0.353. The van der Waals surface area contributed by atoms with Crippen molar-refractivity contribution in [1.82, 2.24) is 5.32 Å². The van der Waals surface area contributed by atoms with Crippen molar-refractivity contribution in [3.8, 4) is 0 Å². The molecule has 19 heavy (non-hydrogen) atoms. The number of rotatable bonds is 6. The van der Waals surface area contributed by atoms with Crippen LogP contribution in [0.4, 0.5) is 0 Å². The van der Waals surface area contributed by atoms with Crippen LogP contribution in [0.1, 0.15) is 43.7 Å². The van der Waals surface area contributed by atoms with Gasteiger partial charge in [0, 0.05) is 13.2 Å². The van der Waals surface area contributed by atoms with E-state index < -0.39 is 0 Å².